The molecule has 1 amide bonds. The highest BCUT2D eigenvalue weighted by atomic mass is 16.7. The molecule has 0 saturated carbocycles. The van der Waals surface area contributed by atoms with Crippen LogP contribution < -0.4 is 5.32 Å². The van der Waals surface area contributed by atoms with Crippen molar-refractivity contribution in [1.29, 1.82) is 0 Å². The lowest BCUT2D eigenvalue weighted by Gasteiger charge is -2.21. The molecule has 1 aliphatic carbocycles. The summed E-state index contributed by atoms with van der Waals surface area (Å²) in [7, 11) is 0. The van der Waals surface area contributed by atoms with E-state index in [-0.39, 0.29) is 37.9 Å². The molecular weight excluding hydrogens is 490 g/mol. The van der Waals surface area contributed by atoms with E-state index in [1.54, 1.807) is 20.8 Å². The van der Waals surface area contributed by atoms with E-state index >= 15 is 0 Å². The zero-order valence-corrected chi connectivity index (χ0v) is 22.4. The van der Waals surface area contributed by atoms with Crippen LogP contribution >= 0.6 is 0 Å². The second-order valence-electron chi connectivity index (χ2n) is 10.5. The van der Waals surface area contributed by atoms with Gasteiger partial charge in [-0.2, -0.15) is 0 Å². The summed E-state index contributed by atoms with van der Waals surface area (Å²) < 4.78 is 20.4. The van der Waals surface area contributed by atoms with E-state index in [1.807, 2.05) is 62.4 Å². The lowest BCUT2D eigenvalue weighted by atomic mass is 9.98. The third-order valence-corrected chi connectivity index (χ3v) is 5.70. The summed E-state index contributed by atoms with van der Waals surface area (Å²) in [6.45, 7) is 8.91. The van der Waals surface area contributed by atoms with Gasteiger partial charge in [-0.05, 0) is 55.4 Å². The zero-order valence-electron chi connectivity index (χ0n) is 22.4. The topological polar surface area (TPSA) is 117 Å². The summed E-state index contributed by atoms with van der Waals surface area (Å²) in [5.74, 6) is -1.76. The molecule has 9 nitrogen and oxygen atoms in total. The molecule has 0 bridgehead atoms. The lowest BCUT2D eigenvalue weighted by Crippen LogP contribution is -2.43. The molecule has 2 aromatic carbocycles. The molecule has 1 atom stereocenters. The summed E-state index contributed by atoms with van der Waals surface area (Å²) in [5, 5.41) is 2.43. The number of carbonyl (C=O) groups is 4. The number of carbonyl (C=O) groups excluding carboxylic acids is 4. The van der Waals surface area contributed by atoms with Gasteiger partial charge < -0.3 is 24.3 Å². The van der Waals surface area contributed by atoms with Crippen LogP contribution in [0.25, 0.3) is 11.1 Å². The Balaban J connectivity index is 1.65. The molecule has 1 N–H and O–H groups in total. The summed E-state index contributed by atoms with van der Waals surface area (Å²) in [4.78, 5) is 49.5. The number of amides is 1. The maximum Gasteiger partial charge on any atom is 0.516 e. The molecule has 0 aliphatic heterocycles. The van der Waals surface area contributed by atoms with E-state index in [0.717, 1.165) is 22.3 Å². The van der Waals surface area contributed by atoms with Gasteiger partial charge in [0.25, 0.3) is 0 Å². The van der Waals surface area contributed by atoms with Gasteiger partial charge >= 0.3 is 24.2 Å². The first-order valence-electron chi connectivity index (χ1n) is 12.7. The van der Waals surface area contributed by atoms with E-state index in [0.29, 0.717) is 0 Å². The number of hydrogen-bond acceptors (Lipinski definition) is 8. The van der Waals surface area contributed by atoms with Crippen LogP contribution in [0, 0.1) is 5.92 Å². The Hall–Kier alpha value is -3.88. The van der Waals surface area contributed by atoms with Gasteiger partial charge in [-0.1, -0.05) is 62.4 Å². The Morgan fingerprint density at radius 1 is 0.895 bits per heavy atom. The molecule has 204 valence electrons. The van der Waals surface area contributed by atoms with Crippen molar-refractivity contribution < 1.29 is 38.1 Å². The number of esters is 2. The van der Waals surface area contributed by atoms with Crippen molar-refractivity contribution in [3.05, 3.63) is 59.7 Å². The van der Waals surface area contributed by atoms with E-state index < -0.39 is 35.8 Å². The van der Waals surface area contributed by atoms with Crippen LogP contribution in [-0.4, -0.2) is 49.0 Å². The predicted molar refractivity (Wildman–Crippen MR) is 139 cm³/mol. The summed E-state index contributed by atoms with van der Waals surface area (Å²) >= 11 is 0. The van der Waals surface area contributed by atoms with Gasteiger partial charge in [-0.15, -0.1) is 0 Å². The maximum absolute atomic E-state index is 12.7. The highest BCUT2D eigenvalue weighted by Gasteiger charge is 2.31. The molecular formula is C29H35NO8. The van der Waals surface area contributed by atoms with Gasteiger partial charge in [0, 0.05) is 12.3 Å². The maximum atomic E-state index is 12.7. The van der Waals surface area contributed by atoms with Crippen LogP contribution in [0.2, 0.25) is 0 Å². The number of nitrogens with one attached hydrogen (secondary N) is 1. The Bertz CT molecular complexity index is 1120. The predicted octanol–water partition coefficient (Wildman–Crippen LogP) is 5.35. The molecule has 0 fully saturated rings. The van der Waals surface area contributed by atoms with Gasteiger partial charge in [0.2, 0.25) is 0 Å². The lowest BCUT2D eigenvalue weighted by molar-refractivity contribution is -0.155. The summed E-state index contributed by atoms with van der Waals surface area (Å²) in [6, 6.07) is 14.5. The van der Waals surface area contributed by atoms with E-state index in [4.69, 9.17) is 18.9 Å². The Morgan fingerprint density at radius 2 is 1.47 bits per heavy atom. The second-order valence-corrected chi connectivity index (χ2v) is 10.5. The number of ether oxygens (including phenoxy) is 4. The van der Waals surface area contributed by atoms with Gasteiger partial charge in [0.05, 0.1) is 6.61 Å². The van der Waals surface area contributed by atoms with Crippen LogP contribution in [0.5, 0.6) is 0 Å². The fourth-order valence-corrected chi connectivity index (χ4v) is 4.10. The van der Waals surface area contributed by atoms with Crippen LogP contribution in [0.3, 0.4) is 0 Å². The number of alkyl carbamates (subject to hydrolysis) is 1. The Kier molecular flexibility index (Phi) is 9.50. The molecule has 1 aliphatic rings. The van der Waals surface area contributed by atoms with Gasteiger partial charge in [-0.3, -0.25) is 4.79 Å². The average molecular weight is 526 g/mol. The fourth-order valence-electron chi connectivity index (χ4n) is 4.10. The highest BCUT2D eigenvalue weighted by molar-refractivity contribution is 5.88. The Morgan fingerprint density at radius 3 is 2.03 bits per heavy atom. The van der Waals surface area contributed by atoms with Crippen molar-refractivity contribution >= 4 is 24.2 Å². The van der Waals surface area contributed by atoms with Crippen LogP contribution in [0.4, 0.5) is 9.59 Å². The molecule has 0 spiro atoms. The normalized spacial score (nSPS) is 13.2. The smallest absolute Gasteiger partial charge is 0.460 e. The molecule has 2 aromatic rings. The molecule has 0 unspecified atom stereocenters. The van der Waals surface area contributed by atoms with Gasteiger partial charge in [-0.25, -0.2) is 14.4 Å². The van der Waals surface area contributed by atoms with Crippen molar-refractivity contribution in [1.82, 2.24) is 5.32 Å². The molecule has 3 rings (SSSR count). The minimum Gasteiger partial charge on any atom is -0.460 e. The Labute approximate surface area is 222 Å². The largest absolute Gasteiger partial charge is 0.516 e. The van der Waals surface area contributed by atoms with Crippen LogP contribution in [0.15, 0.2) is 48.5 Å². The van der Waals surface area contributed by atoms with Crippen molar-refractivity contribution in [3.8, 4) is 11.1 Å². The second kappa shape index (κ2) is 12.6. The standard InChI is InChI=1S/C29H35NO8/c1-18(2)16-36-28(34)37-26(32)24(14-15-25(31)38-29(3,4)5)30-27(33)35-17-23-21-12-8-6-10-19(21)20-11-7-9-13-22(20)23/h6-13,18,23-24H,14-17H2,1-5H3,(H,30,33)/t24-/m0/s1. The first-order chi connectivity index (χ1) is 17.9. The first-order valence-corrected chi connectivity index (χ1v) is 12.7. The molecule has 0 heterocycles. The average Bonchev–Trinajstić information content (AvgIpc) is 3.16. The minimum absolute atomic E-state index is 0.0319. The van der Waals surface area contributed by atoms with Gasteiger partial charge in [0.1, 0.15) is 18.2 Å². The molecule has 0 saturated heterocycles. The number of fused-ring (bicyclic) bond motifs is 3. The minimum atomic E-state index is -1.33. The number of benzene rings is 2. The molecule has 0 aromatic heterocycles. The SMILES string of the molecule is CC(C)COC(=O)OC(=O)[C@H](CCC(=O)OC(C)(C)C)NC(=O)OCC1c2ccccc2-c2ccccc21. The van der Waals surface area contributed by atoms with Crippen molar-refractivity contribution in [2.75, 3.05) is 13.2 Å². The summed E-state index contributed by atoms with van der Waals surface area (Å²) in [5.41, 5.74) is 3.52. The molecule has 9 heteroatoms. The zero-order chi connectivity index (χ0) is 27.9. The molecule has 38 heavy (non-hydrogen) atoms. The summed E-state index contributed by atoms with van der Waals surface area (Å²) in [6.07, 6.45) is -2.41. The van der Waals surface area contributed by atoms with Crippen molar-refractivity contribution in [2.45, 2.75) is 65.0 Å². The number of hydrogen-bond donors (Lipinski definition) is 1. The molecule has 0 radical (unpaired) electrons. The quantitative estimate of drug-likeness (QED) is 0.264. The van der Waals surface area contributed by atoms with E-state index in [2.05, 4.69) is 5.32 Å². The fraction of sp³-hybridized carbons (Fsp3) is 0.448. The first kappa shape index (κ1) is 28.7. The number of rotatable bonds is 9. The van der Waals surface area contributed by atoms with Gasteiger partial charge in [0.15, 0.2) is 0 Å². The highest BCUT2D eigenvalue weighted by Crippen LogP contribution is 2.44. The monoisotopic (exact) mass is 525 g/mol. The third kappa shape index (κ3) is 8.06. The van der Waals surface area contributed by atoms with Crippen LogP contribution in [-0.2, 0) is 28.5 Å². The van der Waals surface area contributed by atoms with Crippen molar-refractivity contribution in [2.24, 2.45) is 5.92 Å². The van der Waals surface area contributed by atoms with E-state index in [9.17, 15) is 19.2 Å². The van der Waals surface area contributed by atoms with E-state index in [1.165, 1.54) is 0 Å². The van der Waals surface area contributed by atoms with Crippen molar-refractivity contribution in [3.63, 3.8) is 0 Å². The third-order valence-electron chi connectivity index (χ3n) is 5.70. The van der Waals surface area contributed by atoms with Crippen LogP contribution in [0.1, 0.15) is 64.5 Å².